The van der Waals surface area contributed by atoms with Crippen LogP contribution in [0.5, 0.6) is 0 Å². The summed E-state index contributed by atoms with van der Waals surface area (Å²) in [6.45, 7) is 0. The Hall–Kier alpha value is -8.41. The van der Waals surface area contributed by atoms with Gasteiger partial charge >= 0.3 is 0 Å². The molecule has 1 unspecified atom stereocenters. The Morgan fingerprint density at radius 3 is 1.41 bits per heavy atom. The van der Waals surface area contributed by atoms with E-state index in [9.17, 15) is 0 Å². The largest absolute Gasteiger partial charge is 0.456 e. The van der Waals surface area contributed by atoms with E-state index >= 15 is 0 Å². The summed E-state index contributed by atoms with van der Waals surface area (Å²) >= 11 is 0. The Morgan fingerprint density at radius 1 is 0.270 bits per heavy atom. The molecule has 2 aliphatic rings. The fraction of sp³-hybridized carbons (Fsp3) is 0.0172. The molecule has 5 nitrogen and oxygen atoms in total. The van der Waals surface area contributed by atoms with E-state index in [2.05, 4.69) is 146 Å². The second-order valence-corrected chi connectivity index (χ2v) is 16.6. The predicted molar refractivity (Wildman–Crippen MR) is 252 cm³/mol. The molecule has 3 aromatic heterocycles. The highest BCUT2D eigenvalue weighted by Gasteiger charge is 2.50. The Balaban J connectivity index is 1.08. The van der Waals surface area contributed by atoms with Crippen molar-refractivity contribution in [2.75, 3.05) is 0 Å². The highest BCUT2D eigenvalue weighted by atomic mass is 16.3. The molecule has 2 aliphatic carbocycles. The maximum absolute atomic E-state index is 6.57. The second kappa shape index (κ2) is 12.8. The molecule has 12 aromatic rings. The van der Waals surface area contributed by atoms with Crippen molar-refractivity contribution in [1.29, 1.82) is 0 Å². The number of nitrogens with zero attached hydrogens (tertiary/aromatic N) is 3. The van der Waals surface area contributed by atoms with Gasteiger partial charge in [0.2, 0.25) is 0 Å². The Kier molecular flexibility index (Phi) is 6.97. The van der Waals surface area contributed by atoms with E-state index in [1.807, 2.05) is 54.6 Å². The lowest BCUT2D eigenvalue weighted by molar-refractivity contribution is 0.668. The number of fused-ring (bicyclic) bond motifs is 18. The minimum absolute atomic E-state index is 0.595. The van der Waals surface area contributed by atoms with Crippen LogP contribution in [0.3, 0.4) is 0 Å². The minimum atomic E-state index is -0.717. The zero-order chi connectivity index (χ0) is 41.2. The first-order valence-electron chi connectivity index (χ1n) is 21.3. The van der Waals surface area contributed by atoms with Gasteiger partial charge in [0.05, 0.1) is 5.41 Å². The molecule has 0 bridgehead atoms. The summed E-state index contributed by atoms with van der Waals surface area (Å²) in [5, 5.41) is 4.29. The van der Waals surface area contributed by atoms with Gasteiger partial charge in [0.1, 0.15) is 22.3 Å². The standard InChI is InChI=1S/C58H33N3O2/c1-2-14-34(15-3-1)55-59-56(35-27-29-53-45(30-35)42-20-8-12-24-51(42)62-53)61-57(60-55)36-26-28-41-38-17-5-4-16-37(38)39-18-6-10-22-47(39)58(49(41)31-36)48-23-11-7-19-40(48)44-33-54-46(32-50(44)58)43-21-9-13-25-52(43)63-54/h1-33H. The van der Waals surface area contributed by atoms with Crippen LogP contribution in [0, 0.1) is 0 Å². The van der Waals surface area contributed by atoms with Crippen LogP contribution in [0.4, 0.5) is 0 Å². The van der Waals surface area contributed by atoms with Crippen molar-refractivity contribution in [3.8, 4) is 67.5 Å². The van der Waals surface area contributed by atoms with Crippen molar-refractivity contribution in [2.45, 2.75) is 5.41 Å². The molecule has 0 radical (unpaired) electrons. The van der Waals surface area contributed by atoms with Crippen LogP contribution < -0.4 is 0 Å². The van der Waals surface area contributed by atoms with Gasteiger partial charge in [0.15, 0.2) is 17.5 Å². The van der Waals surface area contributed by atoms with Crippen molar-refractivity contribution in [3.05, 3.63) is 222 Å². The quantitative estimate of drug-likeness (QED) is 0.178. The summed E-state index contributed by atoms with van der Waals surface area (Å²) in [4.78, 5) is 15.8. The van der Waals surface area contributed by atoms with Crippen LogP contribution in [-0.4, -0.2) is 15.0 Å². The molecule has 292 valence electrons. The molecule has 5 heteroatoms. The maximum Gasteiger partial charge on any atom is 0.164 e. The molecule has 0 aliphatic heterocycles. The molecule has 1 spiro atoms. The van der Waals surface area contributed by atoms with Gasteiger partial charge in [-0.05, 0) is 104 Å². The molecule has 0 saturated carbocycles. The van der Waals surface area contributed by atoms with Gasteiger partial charge < -0.3 is 8.83 Å². The first-order valence-corrected chi connectivity index (χ1v) is 21.3. The predicted octanol–water partition coefficient (Wildman–Crippen LogP) is 14.7. The van der Waals surface area contributed by atoms with E-state index in [1.54, 1.807) is 0 Å². The molecule has 0 amide bonds. The number of furan rings is 2. The summed E-state index contributed by atoms with van der Waals surface area (Å²) < 4.78 is 12.8. The fourth-order valence-electron chi connectivity index (χ4n) is 10.7. The number of rotatable bonds is 3. The number of para-hydroxylation sites is 2. The second-order valence-electron chi connectivity index (χ2n) is 16.6. The molecular formula is C58H33N3O2. The summed E-state index contributed by atoms with van der Waals surface area (Å²) in [6.07, 6.45) is 0. The van der Waals surface area contributed by atoms with Crippen molar-refractivity contribution in [2.24, 2.45) is 0 Å². The molecular weight excluding hydrogens is 771 g/mol. The van der Waals surface area contributed by atoms with Gasteiger partial charge in [0, 0.05) is 38.2 Å². The van der Waals surface area contributed by atoms with Gasteiger partial charge in [-0.2, -0.15) is 0 Å². The van der Waals surface area contributed by atoms with E-state index < -0.39 is 5.41 Å². The van der Waals surface area contributed by atoms with E-state index in [1.165, 1.54) is 55.6 Å². The fourth-order valence-corrected chi connectivity index (χ4v) is 10.7. The molecule has 63 heavy (non-hydrogen) atoms. The van der Waals surface area contributed by atoms with E-state index in [4.69, 9.17) is 23.8 Å². The van der Waals surface area contributed by atoms with Crippen molar-refractivity contribution in [3.63, 3.8) is 0 Å². The van der Waals surface area contributed by atoms with Crippen LogP contribution >= 0.6 is 0 Å². The van der Waals surface area contributed by atoms with E-state index in [-0.39, 0.29) is 0 Å². The lowest BCUT2D eigenvalue weighted by Gasteiger charge is -2.35. The summed E-state index contributed by atoms with van der Waals surface area (Å²) in [5.74, 6) is 1.80. The normalized spacial score (nSPS) is 14.7. The molecule has 0 fully saturated rings. The van der Waals surface area contributed by atoms with Crippen LogP contribution in [0.2, 0.25) is 0 Å². The van der Waals surface area contributed by atoms with Crippen LogP contribution in [0.15, 0.2) is 209 Å². The van der Waals surface area contributed by atoms with Crippen molar-refractivity contribution >= 4 is 43.9 Å². The van der Waals surface area contributed by atoms with E-state index in [0.717, 1.165) is 60.6 Å². The highest BCUT2D eigenvalue weighted by molar-refractivity contribution is 6.09. The Bertz CT molecular complexity index is 3880. The number of benzene rings is 9. The monoisotopic (exact) mass is 803 g/mol. The Morgan fingerprint density at radius 2 is 0.730 bits per heavy atom. The molecule has 0 N–H and O–H groups in total. The summed E-state index contributed by atoms with van der Waals surface area (Å²) in [7, 11) is 0. The van der Waals surface area contributed by atoms with Crippen LogP contribution in [0.25, 0.3) is 111 Å². The zero-order valence-electron chi connectivity index (χ0n) is 33.7. The van der Waals surface area contributed by atoms with Crippen molar-refractivity contribution in [1.82, 2.24) is 15.0 Å². The Labute approximate surface area is 361 Å². The number of hydrogen-bond donors (Lipinski definition) is 0. The van der Waals surface area contributed by atoms with Gasteiger partial charge in [-0.1, -0.05) is 152 Å². The maximum atomic E-state index is 6.57. The third kappa shape index (κ3) is 4.79. The SMILES string of the molecule is c1ccc(-c2nc(-c3ccc4c(c3)C3(c5ccccc5-c5ccccc5-4)c4ccccc4-c4cc5oc6ccccc6c5cc43)nc(-c3ccc4oc5ccccc5c4c3)n2)cc1. The molecule has 0 saturated heterocycles. The lowest BCUT2D eigenvalue weighted by atomic mass is 9.65. The third-order valence-corrected chi connectivity index (χ3v) is 13.4. The average Bonchev–Trinajstić information content (AvgIpc) is 3.98. The molecule has 14 rings (SSSR count). The molecule has 3 heterocycles. The van der Waals surface area contributed by atoms with Crippen LogP contribution in [0.1, 0.15) is 22.3 Å². The number of aromatic nitrogens is 3. The third-order valence-electron chi connectivity index (χ3n) is 13.4. The molecule has 9 aromatic carbocycles. The average molecular weight is 804 g/mol. The van der Waals surface area contributed by atoms with Crippen molar-refractivity contribution < 1.29 is 8.83 Å². The van der Waals surface area contributed by atoms with Gasteiger partial charge in [-0.15, -0.1) is 0 Å². The number of hydrogen-bond acceptors (Lipinski definition) is 5. The molecule has 1 atom stereocenters. The first kappa shape index (κ1) is 34.3. The van der Waals surface area contributed by atoms with E-state index in [0.29, 0.717) is 17.5 Å². The summed E-state index contributed by atoms with van der Waals surface area (Å²) in [5.41, 5.74) is 17.4. The summed E-state index contributed by atoms with van der Waals surface area (Å²) in [6, 6.07) is 71.2. The van der Waals surface area contributed by atoms with Gasteiger partial charge in [-0.25, -0.2) is 15.0 Å². The highest BCUT2D eigenvalue weighted by Crippen LogP contribution is 2.62. The van der Waals surface area contributed by atoms with Gasteiger partial charge in [-0.3, -0.25) is 0 Å². The lowest BCUT2D eigenvalue weighted by Crippen LogP contribution is -2.29. The minimum Gasteiger partial charge on any atom is -0.456 e. The topological polar surface area (TPSA) is 65.0 Å². The van der Waals surface area contributed by atoms with Gasteiger partial charge in [0.25, 0.3) is 0 Å². The first-order chi connectivity index (χ1) is 31.2. The van der Waals surface area contributed by atoms with Crippen LogP contribution in [-0.2, 0) is 5.41 Å². The smallest absolute Gasteiger partial charge is 0.164 e. The zero-order valence-corrected chi connectivity index (χ0v) is 33.7.